The molecule has 0 spiro atoms. The van der Waals surface area contributed by atoms with E-state index in [-0.39, 0.29) is 24.2 Å². The lowest BCUT2D eigenvalue weighted by molar-refractivity contribution is -0.130. The van der Waals surface area contributed by atoms with Crippen LogP contribution in [0.5, 0.6) is 0 Å². The van der Waals surface area contributed by atoms with E-state index >= 15 is 0 Å². The first-order chi connectivity index (χ1) is 10.1. The number of hydrogen-bond donors (Lipinski definition) is 2. The van der Waals surface area contributed by atoms with Gasteiger partial charge < -0.3 is 16.0 Å². The molecule has 0 heterocycles. The highest BCUT2D eigenvalue weighted by Gasteiger charge is 2.09. The van der Waals surface area contributed by atoms with Gasteiger partial charge in [0.05, 0.1) is 0 Å². The Bertz CT molecular complexity index is 459. The molecule has 0 aliphatic rings. The maximum atomic E-state index is 11.9. The smallest absolute Gasteiger partial charge is 0.251 e. The van der Waals surface area contributed by atoms with E-state index in [9.17, 15) is 9.59 Å². The lowest BCUT2D eigenvalue weighted by atomic mass is 10.1. The third-order valence-corrected chi connectivity index (χ3v) is 3.42. The zero-order valence-electron chi connectivity index (χ0n) is 13.3. The number of nitrogens with zero attached hydrogens (tertiary/aromatic N) is 1. The van der Waals surface area contributed by atoms with Gasteiger partial charge in [-0.2, -0.15) is 0 Å². The van der Waals surface area contributed by atoms with Crippen LogP contribution in [0.4, 0.5) is 0 Å². The summed E-state index contributed by atoms with van der Waals surface area (Å²) in [6.45, 7) is 6.37. The van der Waals surface area contributed by atoms with Gasteiger partial charge in [-0.1, -0.05) is 12.1 Å². The van der Waals surface area contributed by atoms with E-state index in [1.54, 1.807) is 17.0 Å². The van der Waals surface area contributed by atoms with Crippen molar-refractivity contribution in [2.24, 2.45) is 5.73 Å². The molecule has 0 bridgehead atoms. The van der Waals surface area contributed by atoms with Crippen molar-refractivity contribution in [2.75, 3.05) is 19.6 Å². The molecule has 3 N–H and O–H groups in total. The Morgan fingerprint density at radius 3 is 2.23 bits per heavy atom. The van der Waals surface area contributed by atoms with E-state index in [0.29, 0.717) is 31.5 Å². The van der Waals surface area contributed by atoms with Crippen LogP contribution in [0.1, 0.15) is 42.6 Å². The molecule has 1 rings (SSSR count). The summed E-state index contributed by atoms with van der Waals surface area (Å²) < 4.78 is 0. The molecule has 1 aromatic rings. The van der Waals surface area contributed by atoms with Gasteiger partial charge in [-0.05, 0) is 38.0 Å². The lowest BCUT2D eigenvalue weighted by Gasteiger charge is -2.18. The van der Waals surface area contributed by atoms with E-state index in [4.69, 9.17) is 5.73 Å². The van der Waals surface area contributed by atoms with Crippen LogP contribution in [-0.2, 0) is 11.3 Å². The molecule has 0 aliphatic heterocycles. The highest BCUT2D eigenvalue weighted by molar-refractivity contribution is 5.94. The van der Waals surface area contributed by atoms with Gasteiger partial charge in [0, 0.05) is 38.2 Å². The highest BCUT2D eigenvalue weighted by Crippen LogP contribution is 2.04. The SMILES string of the molecule is CCN(CC)C(=O)CCCNC(=O)c1ccc(CN)cc1.Cl. The molecule has 22 heavy (non-hydrogen) atoms. The lowest BCUT2D eigenvalue weighted by Crippen LogP contribution is -2.31. The van der Waals surface area contributed by atoms with Crippen LogP contribution < -0.4 is 11.1 Å². The third-order valence-electron chi connectivity index (χ3n) is 3.42. The molecule has 0 atom stereocenters. The summed E-state index contributed by atoms with van der Waals surface area (Å²) in [7, 11) is 0. The van der Waals surface area contributed by atoms with Crippen molar-refractivity contribution in [2.45, 2.75) is 33.2 Å². The van der Waals surface area contributed by atoms with Crippen molar-refractivity contribution in [3.8, 4) is 0 Å². The molecule has 6 heteroatoms. The average molecular weight is 328 g/mol. The van der Waals surface area contributed by atoms with Gasteiger partial charge >= 0.3 is 0 Å². The quantitative estimate of drug-likeness (QED) is 0.716. The van der Waals surface area contributed by atoms with Crippen LogP contribution in [-0.4, -0.2) is 36.3 Å². The molecule has 0 fully saturated rings. The van der Waals surface area contributed by atoms with E-state index in [0.717, 1.165) is 18.7 Å². The Morgan fingerprint density at radius 1 is 1.14 bits per heavy atom. The van der Waals surface area contributed by atoms with Gasteiger partial charge in [-0.15, -0.1) is 12.4 Å². The monoisotopic (exact) mass is 327 g/mol. The van der Waals surface area contributed by atoms with Crippen LogP contribution in [0.15, 0.2) is 24.3 Å². The predicted octanol–water partition coefficient (Wildman–Crippen LogP) is 1.95. The fourth-order valence-corrected chi connectivity index (χ4v) is 2.07. The third kappa shape index (κ3) is 6.45. The number of benzene rings is 1. The molecular formula is C16H26ClN3O2. The number of halogens is 1. The minimum absolute atomic E-state index is 0. The fraction of sp³-hybridized carbons (Fsp3) is 0.500. The molecule has 0 unspecified atom stereocenters. The first-order valence-corrected chi connectivity index (χ1v) is 7.47. The number of carbonyl (C=O) groups is 2. The average Bonchev–Trinajstić information content (AvgIpc) is 2.52. The van der Waals surface area contributed by atoms with E-state index in [1.165, 1.54) is 0 Å². The standard InChI is InChI=1S/C16H25N3O2.ClH/c1-3-19(4-2)15(20)6-5-11-18-16(21)14-9-7-13(12-17)8-10-14;/h7-10H,3-6,11-12,17H2,1-2H3,(H,18,21);1H. The zero-order valence-corrected chi connectivity index (χ0v) is 14.1. The second kappa shape index (κ2) is 11.0. The second-order valence-corrected chi connectivity index (χ2v) is 4.83. The number of carbonyl (C=O) groups excluding carboxylic acids is 2. The number of nitrogens with two attached hydrogens (primary N) is 1. The van der Waals surface area contributed by atoms with E-state index in [1.807, 2.05) is 26.0 Å². The van der Waals surface area contributed by atoms with E-state index < -0.39 is 0 Å². The van der Waals surface area contributed by atoms with Gasteiger partial charge in [0.1, 0.15) is 0 Å². The van der Waals surface area contributed by atoms with E-state index in [2.05, 4.69) is 5.32 Å². The Hall–Kier alpha value is -1.59. The molecule has 0 radical (unpaired) electrons. The molecular weight excluding hydrogens is 302 g/mol. The molecule has 0 aromatic heterocycles. The van der Waals surface area contributed by atoms with Gasteiger partial charge in [-0.3, -0.25) is 9.59 Å². The van der Waals surface area contributed by atoms with Crippen molar-refractivity contribution in [1.29, 1.82) is 0 Å². The van der Waals surface area contributed by atoms with Gasteiger partial charge in [-0.25, -0.2) is 0 Å². The van der Waals surface area contributed by atoms with Crippen molar-refractivity contribution < 1.29 is 9.59 Å². The molecule has 5 nitrogen and oxygen atoms in total. The number of amides is 2. The fourth-order valence-electron chi connectivity index (χ4n) is 2.07. The molecule has 0 saturated heterocycles. The minimum Gasteiger partial charge on any atom is -0.352 e. The first kappa shape index (κ1) is 20.4. The molecule has 124 valence electrons. The summed E-state index contributed by atoms with van der Waals surface area (Å²) in [5.41, 5.74) is 7.12. The zero-order chi connectivity index (χ0) is 15.7. The Labute approximate surface area is 138 Å². The summed E-state index contributed by atoms with van der Waals surface area (Å²) in [5, 5.41) is 2.83. The summed E-state index contributed by atoms with van der Waals surface area (Å²) in [6.07, 6.45) is 1.12. The van der Waals surface area contributed by atoms with Crippen molar-refractivity contribution in [3.63, 3.8) is 0 Å². The van der Waals surface area contributed by atoms with Crippen molar-refractivity contribution in [3.05, 3.63) is 35.4 Å². The summed E-state index contributed by atoms with van der Waals surface area (Å²) in [4.78, 5) is 25.5. The number of hydrogen-bond acceptors (Lipinski definition) is 3. The highest BCUT2D eigenvalue weighted by atomic mass is 35.5. The molecule has 1 aromatic carbocycles. The van der Waals surface area contributed by atoms with Crippen LogP contribution in [0, 0.1) is 0 Å². The second-order valence-electron chi connectivity index (χ2n) is 4.83. The summed E-state index contributed by atoms with van der Waals surface area (Å²) in [5.74, 6) is 0.0235. The molecule has 0 saturated carbocycles. The number of nitrogens with one attached hydrogen (secondary N) is 1. The summed E-state index contributed by atoms with van der Waals surface area (Å²) in [6, 6.07) is 7.22. The van der Waals surface area contributed by atoms with Crippen molar-refractivity contribution >= 4 is 24.2 Å². The maximum absolute atomic E-state index is 11.9. The van der Waals surface area contributed by atoms with Gasteiger partial charge in [0.15, 0.2) is 0 Å². The Balaban J connectivity index is 0.00000441. The van der Waals surface area contributed by atoms with Crippen LogP contribution in [0.25, 0.3) is 0 Å². The molecule has 0 aliphatic carbocycles. The molecule has 2 amide bonds. The first-order valence-electron chi connectivity index (χ1n) is 7.47. The number of rotatable bonds is 8. The van der Waals surface area contributed by atoms with Gasteiger partial charge in [0.25, 0.3) is 5.91 Å². The largest absolute Gasteiger partial charge is 0.352 e. The predicted molar refractivity (Wildman–Crippen MR) is 91.1 cm³/mol. The van der Waals surface area contributed by atoms with Gasteiger partial charge in [0.2, 0.25) is 5.91 Å². The van der Waals surface area contributed by atoms with Crippen molar-refractivity contribution in [1.82, 2.24) is 10.2 Å². The van der Waals surface area contributed by atoms with Crippen LogP contribution in [0.3, 0.4) is 0 Å². The topological polar surface area (TPSA) is 75.4 Å². The summed E-state index contributed by atoms with van der Waals surface area (Å²) >= 11 is 0. The normalized spacial score (nSPS) is 9.77. The minimum atomic E-state index is -0.117. The van der Waals surface area contributed by atoms with Crippen LogP contribution in [0.2, 0.25) is 0 Å². The Kier molecular flexibility index (Phi) is 10.2. The maximum Gasteiger partial charge on any atom is 0.251 e. The Morgan fingerprint density at radius 2 is 1.73 bits per heavy atom. The van der Waals surface area contributed by atoms with Crippen LogP contribution >= 0.6 is 12.4 Å².